The predicted molar refractivity (Wildman–Crippen MR) is 60.4 cm³/mol. The fourth-order valence-electron chi connectivity index (χ4n) is 1.63. The van der Waals surface area contributed by atoms with Crippen LogP contribution in [0.2, 0.25) is 0 Å². The van der Waals surface area contributed by atoms with Gasteiger partial charge in [-0.05, 0) is 16.9 Å². The summed E-state index contributed by atoms with van der Waals surface area (Å²) in [5, 5.41) is 19.1. The fraction of sp³-hybridized carbons (Fsp3) is 0.0909. The number of hydrogen-bond donors (Lipinski definition) is 2. The van der Waals surface area contributed by atoms with Crippen molar-refractivity contribution in [2.24, 2.45) is 0 Å². The van der Waals surface area contributed by atoms with Crippen LogP contribution in [0.1, 0.15) is 0 Å². The zero-order chi connectivity index (χ0) is 12.4. The van der Waals surface area contributed by atoms with Crippen LogP contribution in [0.3, 0.4) is 0 Å². The molecule has 17 heavy (non-hydrogen) atoms. The molecule has 2 aromatic carbocycles. The maximum Gasteiger partial charge on any atom is 0.488 e. The molecule has 0 bridgehead atoms. The summed E-state index contributed by atoms with van der Waals surface area (Å²) in [5.41, 5.74) is 0.298. The van der Waals surface area contributed by atoms with Crippen LogP contribution in [0.25, 0.3) is 10.8 Å². The maximum absolute atomic E-state index is 12.2. The second-order valence-corrected chi connectivity index (χ2v) is 3.49. The van der Waals surface area contributed by atoms with E-state index in [0.717, 1.165) is 0 Å². The smallest absolute Gasteiger partial charge is 0.434 e. The highest BCUT2D eigenvalue weighted by Crippen LogP contribution is 2.26. The molecule has 0 atom stereocenters. The van der Waals surface area contributed by atoms with Crippen LogP contribution < -0.4 is 10.2 Å². The topological polar surface area (TPSA) is 49.7 Å². The van der Waals surface area contributed by atoms with Crippen molar-refractivity contribution in [2.45, 2.75) is 6.61 Å². The molecule has 2 N–H and O–H groups in total. The van der Waals surface area contributed by atoms with Crippen LogP contribution in [0.15, 0.2) is 36.4 Å². The summed E-state index contributed by atoms with van der Waals surface area (Å²) >= 11 is 0. The summed E-state index contributed by atoms with van der Waals surface area (Å²) in [6.07, 6.45) is 0. The van der Waals surface area contributed by atoms with Crippen molar-refractivity contribution in [2.75, 3.05) is 0 Å². The average molecular weight is 238 g/mol. The first-order valence-electron chi connectivity index (χ1n) is 4.91. The molecule has 0 aliphatic heterocycles. The summed E-state index contributed by atoms with van der Waals surface area (Å²) in [7, 11) is -1.58. The summed E-state index contributed by atoms with van der Waals surface area (Å²) in [6.45, 7) is -2.89. The second kappa shape index (κ2) is 4.69. The third-order valence-corrected chi connectivity index (χ3v) is 2.38. The Balaban J connectivity index is 2.51. The number of halogens is 2. The highest BCUT2D eigenvalue weighted by atomic mass is 19.3. The minimum Gasteiger partial charge on any atom is -0.434 e. The Kier molecular flexibility index (Phi) is 3.26. The number of ether oxygens (including phenoxy) is 1. The SMILES string of the molecule is OB(O)c1ccc2c(OC(F)F)cccc2c1. The van der Waals surface area contributed by atoms with Gasteiger partial charge in [-0.15, -0.1) is 0 Å². The van der Waals surface area contributed by atoms with E-state index in [1.54, 1.807) is 12.1 Å². The van der Waals surface area contributed by atoms with Crippen LogP contribution in [0, 0.1) is 0 Å². The van der Waals surface area contributed by atoms with E-state index < -0.39 is 13.7 Å². The number of fused-ring (bicyclic) bond motifs is 1. The molecule has 0 amide bonds. The molecule has 0 heterocycles. The van der Waals surface area contributed by atoms with Gasteiger partial charge in [-0.1, -0.05) is 30.3 Å². The number of alkyl halides is 2. The van der Waals surface area contributed by atoms with Crippen LogP contribution in [-0.4, -0.2) is 23.8 Å². The summed E-state index contributed by atoms with van der Waals surface area (Å²) < 4.78 is 28.7. The third kappa shape index (κ3) is 2.54. The first-order valence-corrected chi connectivity index (χ1v) is 4.91. The van der Waals surface area contributed by atoms with Gasteiger partial charge in [0.15, 0.2) is 0 Å². The van der Waals surface area contributed by atoms with Crippen molar-refractivity contribution < 1.29 is 23.6 Å². The van der Waals surface area contributed by atoms with Gasteiger partial charge in [0.05, 0.1) is 0 Å². The van der Waals surface area contributed by atoms with Gasteiger partial charge in [-0.2, -0.15) is 8.78 Å². The van der Waals surface area contributed by atoms with Gasteiger partial charge >= 0.3 is 13.7 Å². The van der Waals surface area contributed by atoms with Gasteiger partial charge in [0.25, 0.3) is 0 Å². The Morgan fingerprint density at radius 1 is 1.12 bits per heavy atom. The van der Waals surface area contributed by atoms with Gasteiger partial charge < -0.3 is 14.8 Å². The van der Waals surface area contributed by atoms with Crippen molar-refractivity contribution in [3.8, 4) is 5.75 Å². The van der Waals surface area contributed by atoms with Gasteiger partial charge in [0.2, 0.25) is 0 Å². The fourth-order valence-corrected chi connectivity index (χ4v) is 1.63. The van der Waals surface area contributed by atoms with E-state index in [-0.39, 0.29) is 5.75 Å². The summed E-state index contributed by atoms with van der Waals surface area (Å²) in [4.78, 5) is 0. The highest BCUT2D eigenvalue weighted by Gasteiger charge is 2.13. The molecule has 2 aromatic rings. The molecule has 0 aromatic heterocycles. The molecule has 88 valence electrons. The number of benzene rings is 2. The van der Waals surface area contributed by atoms with Crippen molar-refractivity contribution in [1.82, 2.24) is 0 Å². The van der Waals surface area contributed by atoms with Crippen LogP contribution in [-0.2, 0) is 0 Å². The molecule has 0 saturated carbocycles. The minimum absolute atomic E-state index is 0.0662. The predicted octanol–water partition coefficient (Wildman–Crippen LogP) is 1.12. The molecule has 0 fully saturated rings. The number of rotatable bonds is 3. The molecule has 3 nitrogen and oxygen atoms in total. The van der Waals surface area contributed by atoms with E-state index in [9.17, 15) is 8.78 Å². The Morgan fingerprint density at radius 2 is 1.88 bits per heavy atom. The van der Waals surface area contributed by atoms with Crippen LogP contribution in [0.4, 0.5) is 8.78 Å². The molecule has 0 aliphatic rings. The Morgan fingerprint density at radius 3 is 2.53 bits per heavy atom. The van der Waals surface area contributed by atoms with E-state index in [2.05, 4.69) is 4.74 Å². The monoisotopic (exact) mass is 238 g/mol. The Bertz CT molecular complexity index is 531. The first-order chi connectivity index (χ1) is 8.08. The van der Waals surface area contributed by atoms with Crippen LogP contribution in [0.5, 0.6) is 5.75 Å². The molecule has 6 heteroatoms. The van der Waals surface area contributed by atoms with E-state index in [1.807, 2.05) is 0 Å². The van der Waals surface area contributed by atoms with E-state index in [1.165, 1.54) is 24.3 Å². The third-order valence-electron chi connectivity index (χ3n) is 2.38. The molecular weight excluding hydrogens is 229 g/mol. The minimum atomic E-state index is -2.89. The second-order valence-electron chi connectivity index (χ2n) is 3.49. The van der Waals surface area contributed by atoms with Gasteiger partial charge in [0.1, 0.15) is 5.75 Å². The zero-order valence-corrected chi connectivity index (χ0v) is 8.68. The normalized spacial score (nSPS) is 10.9. The lowest BCUT2D eigenvalue weighted by atomic mass is 9.79. The van der Waals surface area contributed by atoms with Crippen molar-refractivity contribution >= 4 is 23.4 Å². The largest absolute Gasteiger partial charge is 0.488 e. The van der Waals surface area contributed by atoms with Crippen molar-refractivity contribution in [1.29, 1.82) is 0 Å². The lowest BCUT2D eigenvalue weighted by Crippen LogP contribution is -2.29. The van der Waals surface area contributed by atoms with Crippen molar-refractivity contribution in [3.05, 3.63) is 36.4 Å². The molecule has 0 spiro atoms. The average Bonchev–Trinajstić information content (AvgIpc) is 2.28. The quantitative estimate of drug-likeness (QED) is 0.787. The lowest BCUT2D eigenvalue weighted by Gasteiger charge is -2.09. The molecular formula is C11H9BF2O3. The van der Waals surface area contributed by atoms with Gasteiger partial charge in [0, 0.05) is 5.39 Å². The van der Waals surface area contributed by atoms with E-state index in [4.69, 9.17) is 10.0 Å². The Hall–Kier alpha value is -1.66. The van der Waals surface area contributed by atoms with Gasteiger partial charge in [-0.25, -0.2) is 0 Å². The number of hydrogen-bond acceptors (Lipinski definition) is 3. The molecule has 2 rings (SSSR count). The molecule has 0 saturated heterocycles. The molecule has 0 unspecified atom stereocenters. The zero-order valence-electron chi connectivity index (χ0n) is 8.68. The van der Waals surface area contributed by atoms with E-state index >= 15 is 0 Å². The van der Waals surface area contributed by atoms with Crippen LogP contribution >= 0.6 is 0 Å². The van der Waals surface area contributed by atoms with Crippen molar-refractivity contribution in [3.63, 3.8) is 0 Å². The van der Waals surface area contributed by atoms with Gasteiger partial charge in [-0.3, -0.25) is 0 Å². The highest BCUT2D eigenvalue weighted by molar-refractivity contribution is 6.58. The van der Waals surface area contributed by atoms with E-state index in [0.29, 0.717) is 16.2 Å². The lowest BCUT2D eigenvalue weighted by molar-refractivity contribution is -0.0487. The standard InChI is InChI=1S/C11H9BF2O3/c13-11(14)17-10-3-1-2-7-6-8(12(15)16)4-5-9(7)10/h1-6,11,15-16H. The first kappa shape index (κ1) is 11.8. The summed E-state index contributed by atoms with van der Waals surface area (Å²) in [6, 6.07) is 9.15. The summed E-state index contributed by atoms with van der Waals surface area (Å²) in [5.74, 6) is 0.0662. The molecule has 0 radical (unpaired) electrons. The maximum atomic E-state index is 12.2. The Labute approximate surface area is 96.4 Å². The molecule has 0 aliphatic carbocycles.